The van der Waals surface area contributed by atoms with Crippen molar-refractivity contribution < 1.29 is 19.4 Å². The van der Waals surface area contributed by atoms with E-state index in [4.69, 9.17) is 4.74 Å². The molecule has 1 amide bonds. The van der Waals surface area contributed by atoms with E-state index >= 15 is 0 Å². The number of carbonyl (C=O) groups is 2. The van der Waals surface area contributed by atoms with E-state index in [0.29, 0.717) is 45.5 Å². The molecule has 1 fully saturated rings. The van der Waals surface area contributed by atoms with Crippen molar-refractivity contribution >= 4 is 11.9 Å². The minimum Gasteiger partial charge on any atom is -0.481 e. The van der Waals surface area contributed by atoms with E-state index in [-0.39, 0.29) is 11.9 Å². The van der Waals surface area contributed by atoms with Gasteiger partial charge in [-0.25, -0.2) is 0 Å². The first-order chi connectivity index (χ1) is 9.46. The molecule has 1 aliphatic heterocycles. The number of ether oxygens (including phenoxy) is 1. The van der Waals surface area contributed by atoms with Crippen LogP contribution in [0.25, 0.3) is 0 Å². The zero-order chi connectivity index (χ0) is 15.2. The number of hydrogen-bond donors (Lipinski definition) is 2. The van der Waals surface area contributed by atoms with Gasteiger partial charge in [-0.3, -0.25) is 14.5 Å². The monoisotopic (exact) mass is 286 g/mol. The maximum absolute atomic E-state index is 12.0. The van der Waals surface area contributed by atoms with Crippen LogP contribution in [0.1, 0.15) is 33.1 Å². The van der Waals surface area contributed by atoms with Crippen LogP contribution < -0.4 is 5.32 Å². The van der Waals surface area contributed by atoms with E-state index in [1.54, 1.807) is 7.11 Å². The third-order valence-corrected chi connectivity index (χ3v) is 4.42. The van der Waals surface area contributed by atoms with Gasteiger partial charge >= 0.3 is 5.97 Å². The zero-order valence-electron chi connectivity index (χ0n) is 12.6. The van der Waals surface area contributed by atoms with Crippen LogP contribution in [0.15, 0.2) is 0 Å². The van der Waals surface area contributed by atoms with Gasteiger partial charge < -0.3 is 15.2 Å². The average molecular weight is 286 g/mol. The Morgan fingerprint density at radius 1 is 1.40 bits per heavy atom. The quantitative estimate of drug-likeness (QED) is 0.674. The van der Waals surface area contributed by atoms with Crippen molar-refractivity contribution in [1.82, 2.24) is 10.2 Å². The molecule has 0 aliphatic carbocycles. The van der Waals surface area contributed by atoms with Gasteiger partial charge in [0.05, 0.1) is 18.1 Å². The van der Waals surface area contributed by atoms with Gasteiger partial charge in [-0.2, -0.15) is 0 Å². The van der Waals surface area contributed by atoms with Crippen LogP contribution in [-0.4, -0.2) is 61.3 Å². The summed E-state index contributed by atoms with van der Waals surface area (Å²) in [7, 11) is 1.59. The molecule has 0 radical (unpaired) electrons. The normalized spacial score (nSPS) is 20.4. The fraction of sp³-hybridized carbons (Fsp3) is 0.857. The molecule has 1 rings (SSSR count). The van der Waals surface area contributed by atoms with Crippen molar-refractivity contribution in [3.63, 3.8) is 0 Å². The summed E-state index contributed by atoms with van der Waals surface area (Å²) in [6, 6.07) is -0.226. The summed E-state index contributed by atoms with van der Waals surface area (Å²) in [6.07, 6.45) is 1.85. The van der Waals surface area contributed by atoms with Gasteiger partial charge in [0.1, 0.15) is 0 Å². The maximum atomic E-state index is 12.0. The summed E-state index contributed by atoms with van der Waals surface area (Å²) in [5, 5.41) is 12.2. The third kappa shape index (κ3) is 3.93. The van der Waals surface area contributed by atoms with Gasteiger partial charge in [0, 0.05) is 26.7 Å². The number of amides is 1. The smallest absolute Gasteiger partial charge is 0.309 e. The third-order valence-electron chi connectivity index (χ3n) is 4.42. The molecule has 1 saturated heterocycles. The first-order valence-corrected chi connectivity index (χ1v) is 7.21. The van der Waals surface area contributed by atoms with Gasteiger partial charge in [-0.05, 0) is 26.2 Å². The lowest BCUT2D eigenvalue weighted by Crippen LogP contribution is -2.52. The summed E-state index contributed by atoms with van der Waals surface area (Å²) >= 11 is 0. The molecule has 6 heteroatoms. The number of carboxylic acid groups (broad SMARTS) is 1. The van der Waals surface area contributed by atoms with Crippen LogP contribution in [0.2, 0.25) is 0 Å². The van der Waals surface area contributed by atoms with Crippen LogP contribution in [-0.2, 0) is 14.3 Å². The fourth-order valence-electron chi connectivity index (χ4n) is 2.65. The van der Waals surface area contributed by atoms with Crippen molar-refractivity contribution in [2.45, 2.75) is 39.2 Å². The average Bonchev–Trinajstić information content (AvgIpc) is 2.46. The Balaban J connectivity index is 2.48. The number of carbonyl (C=O) groups excluding carboxylic acids is 1. The molecule has 0 aromatic heterocycles. The first-order valence-electron chi connectivity index (χ1n) is 7.21. The molecule has 0 aromatic carbocycles. The summed E-state index contributed by atoms with van der Waals surface area (Å²) in [4.78, 5) is 25.4. The molecule has 0 bridgehead atoms. The number of carboxylic acids is 1. The largest absolute Gasteiger partial charge is 0.481 e. The summed E-state index contributed by atoms with van der Waals surface area (Å²) in [5.41, 5.74) is -0.608. The van der Waals surface area contributed by atoms with Gasteiger partial charge in [0.25, 0.3) is 0 Å². The molecule has 6 nitrogen and oxygen atoms in total. The lowest BCUT2D eigenvalue weighted by Gasteiger charge is -2.40. The molecule has 2 N–H and O–H groups in total. The van der Waals surface area contributed by atoms with Crippen molar-refractivity contribution in [3.05, 3.63) is 0 Å². The number of methoxy groups -OCH3 is 1. The molecule has 1 unspecified atom stereocenters. The number of aliphatic carboxylic acids is 1. The molecule has 0 aromatic rings. The number of nitrogens with one attached hydrogen (secondary N) is 1. The van der Waals surface area contributed by atoms with Crippen LogP contribution in [0, 0.1) is 5.41 Å². The topological polar surface area (TPSA) is 78.9 Å². The van der Waals surface area contributed by atoms with E-state index in [9.17, 15) is 14.7 Å². The van der Waals surface area contributed by atoms with Gasteiger partial charge in [0.2, 0.25) is 5.91 Å². The molecule has 0 spiro atoms. The van der Waals surface area contributed by atoms with Crippen LogP contribution in [0.4, 0.5) is 0 Å². The van der Waals surface area contributed by atoms with Crippen LogP contribution in [0.5, 0.6) is 0 Å². The summed E-state index contributed by atoms with van der Waals surface area (Å²) < 4.78 is 4.89. The fourth-order valence-corrected chi connectivity index (χ4v) is 2.65. The number of rotatable bonds is 7. The first kappa shape index (κ1) is 16.9. The minimum absolute atomic E-state index is 0.0265. The predicted molar refractivity (Wildman–Crippen MR) is 75.5 cm³/mol. The van der Waals surface area contributed by atoms with E-state index in [2.05, 4.69) is 10.2 Å². The lowest BCUT2D eigenvalue weighted by atomic mass is 9.76. The van der Waals surface area contributed by atoms with Crippen molar-refractivity contribution in [3.8, 4) is 0 Å². The molecule has 1 heterocycles. The van der Waals surface area contributed by atoms with Crippen LogP contribution >= 0.6 is 0 Å². The van der Waals surface area contributed by atoms with Crippen molar-refractivity contribution in [1.29, 1.82) is 0 Å². The second kappa shape index (κ2) is 7.59. The lowest BCUT2D eigenvalue weighted by molar-refractivity contribution is -0.152. The Morgan fingerprint density at radius 3 is 2.45 bits per heavy atom. The molecular weight excluding hydrogens is 260 g/mol. The number of likely N-dealkylation sites (tertiary alicyclic amines) is 1. The molecular formula is C14H26N2O4. The number of piperidine rings is 1. The molecule has 116 valence electrons. The highest BCUT2D eigenvalue weighted by molar-refractivity contribution is 5.81. The number of hydrogen-bond acceptors (Lipinski definition) is 4. The van der Waals surface area contributed by atoms with E-state index in [1.807, 2.05) is 13.8 Å². The minimum atomic E-state index is -0.711. The van der Waals surface area contributed by atoms with E-state index < -0.39 is 11.4 Å². The Kier molecular flexibility index (Phi) is 6.42. The predicted octanol–water partition coefficient (Wildman–Crippen LogP) is 0.714. The van der Waals surface area contributed by atoms with E-state index in [1.165, 1.54) is 0 Å². The standard InChI is InChI=1S/C14H26N2O4/c1-4-14(13(18)19)5-8-16(9-6-14)11(2)12(17)15-7-10-20-3/h11H,4-10H2,1-3H3,(H,15,17)(H,18,19). The van der Waals surface area contributed by atoms with Crippen molar-refractivity contribution in [2.75, 3.05) is 33.4 Å². The second-order valence-corrected chi connectivity index (χ2v) is 5.43. The van der Waals surface area contributed by atoms with Gasteiger partial charge in [-0.15, -0.1) is 0 Å². The molecule has 1 aliphatic rings. The Labute approximate surface area is 120 Å². The van der Waals surface area contributed by atoms with Gasteiger partial charge in [0.15, 0.2) is 0 Å². The Hall–Kier alpha value is -1.14. The summed E-state index contributed by atoms with van der Waals surface area (Å²) in [6.45, 7) is 6.09. The van der Waals surface area contributed by atoms with Gasteiger partial charge in [-0.1, -0.05) is 6.92 Å². The highest BCUT2D eigenvalue weighted by atomic mass is 16.5. The second-order valence-electron chi connectivity index (χ2n) is 5.43. The Morgan fingerprint density at radius 2 is 2.00 bits per heavy atom. The molecule has 0 saturated carbocycles. The SMILES string of the molecule is CCC1(C(=O)O)CCN(C(C)C(=O)NCCOC)CC1. The molecule has 20 heavy (non-hydrogen) atoms. The highest BCUT2D eigenvalue weighted by Gasteiger charge is 2.41. The maximum Gasteiger partial charge on any atom is 0.309 e. The number of nitrogens with zero attached hydrogens (tertiary/aromatic N) is 1. The summed E-state index contributed by atoms with van der Waals surface area (Å²) in [5.74, 6) is -0.738. The highest BCUT2D eigenvalue weighted by Crippen LogP contribution is 2.35. The van der Waals surface area contributed by atoms with Crippen molar-refractivity contribution in [2.24, 2.45) is 5.41 Å². The zero-order valence-corrected chi connectivity index (χ0v) is 12.6. The Bertz CT molecular complexity index is 338. The molecule has 1 atom stereocenters. The van der Waals surface area contributed by atoms with Crippen LogP contribution in [0.3, 0.4) is 0 Å². The van der Waals surface area contributed by atoms with E-state index in [0.717, 1.165) is 0 Å².